The molecule has 0 aromatic heterocycles. The van der Waals surface area contributed by atoms with Crippen LogP contribution in [-0.2, 0) is 16.0 Å². The van der Waals surface area contributed by atoms with E-state index in [9.17, 15) is 18.0 Å². The molecule has 0 spiro atoms. The summed E-state index contributed by atoms with van der Waals surface area (Å²) in [6.07, 6.45) is -3.62. The van der Waals surface area contributed by atoms with E-state index in [0.29, 0.717) is 12.1 Å². The minimum atomic E-state index is -4.34. The number of halogens is 3. The Balaban J connectivity index is 2.14. The van der Waals surface area contributed by atoms with Gasteiger partial charge in [-0.25, -0.2) is 0 Å². The maximum atomic E-state index is 11.8. The molecule has 0 aliphatic heterocycles. The topological polar surface area (TPSA) is 64.4 Å². The molecule has 0 aliphatic carbocycles. The molecular weight excluding hydrogens is 273 g/mol. The van der Waals surface area contributed by atoms with Gasteiger partial charge in [-0.2, -0.15) is 13.2 Å². The third-order valence-electron chi connectivity index (χ3n) is 2.51. The molecular formula is C13H17F3N2O2. The van der Waals surface area contributed by atoms with Crippen LogP contribution in [0.4, 0.5) is 18.9 Å². The van der Waals surface area contributed by atoms with Crippen LogP contribution in [0.2, 0.25) is 0 Å². The molecule has 1 rings (SSSR count). The van der Waals surface area contributed by atoms with Crippen molar-refractivity contribution < 1.29 is 22.7 Å². The van der Waals surface area contributed by atoms with Gasteiger partial charge in [0.05, 0.1) is 6.61 Å². The lowest BCUT2D eigenvalue weighted by atomic mass is 10.1. The number of rotatable bonds is 7. The summed E-state index contributed by atoms with van der Waals surface area (Å²) in [5.74, 6) is -0.246. The molecule has 3 N–H and O–H groups in total. The van der Waals surface area contributed by atoms with E-state index in [1.807, 2.05) is 12.1 Å². The molecule has 112 valence electrons. The van der Waals surface area contributed by atoms with Gasteiger partial charge in [-0.05, 0) is 18.1 Å². The molecule has 20 heavy (non-hydrogen) atoms. The molecule has 0 saturated heterocycles. The van der Waals surface area contributed by atoms with E-state index in [1.54, 1.807) is 12.1 Å². The van der Waals surface area contributed by atoms with Crippen molar-refractivity contribution in [3.8, 4) is 0 Å². The summed E-state index contributed by atoms with van der Waals surface area (Å²) in [4.78, 5) is 11.5. The zero-order valence-electron chi connectivity index (χ0n) is 10.9. The quantitative estimate of drug-likeness (QED) is 0.595. The molecule has 0 fully saturated rings. The first kappa shape index (κ1) is 16.3. The fourth-order valence-corrected chi connectivity index (χ4v) is 1.55. The smallest absolute Gasteiger partial charge is 0.399 e. The van der Waals surface area contributed by atoms with Crippen molar-refractivity contribution in [3.05, 3.63) is 29.8 Å². The highest BCUT2D eigenvalue weighted by molar-refractivity contribution is 5.76. The number of nitrogen functional groups attached to an aromatic ring is 1. The summed E-state index contributed by atoms with van der Waals surface area (Å²) >= 11 is 0. The van der Waals surface area contributed by atoms with E-state index in [1.165, 1.54) is 0 Å². The number of hydrogen-bond acceptors (Lipinski definition) is 3. The van der Waals surface area contributed by atoms with Crippen molar-refractivity contribution in [1.82, 2.24) is 5.32 Å². The standard InChI is InChI=1S/C13H17F3N2O2/c14-13(15,16)9-20-8-7-18-12(19)6-5-10-3-1-2-4-11(10)17/h1-4H,5-9,17H2,(H,18,19). The van der Waals surface area contributed by atoms with E-state index in [2.05, 4.69) is 10.1 Å². The molecule has 1 aromatic rings. The number of anilines is 1. The van der Waals surface area contributed by atoms with E-state index >= 15 is 0 Å². The lowest BCUT2D eigenvalue weighted by molar-refractivity contribution is -0.173. The number of hydrogen-bond donors (Lipinski definition) is 2. The van der Waals surface area contributed by atoms with Crippen LogP contribution in [-0.4, -0.2) is 31.8 Å². The highest BCUT2D eigenvalue weighted by Gasteiger charge is 2.27. The van der Waals surface area contributed by atoms with Crippen LogP contribution >= 0.6 is 0 Å². The molecule has 0 radical (unpaired) electrons. The second-order valence-corrected chi connectivity index (χ2v) is 4.22. The number of amides is 1. The molecule has 1 aromatic carbocycles. The van der Waals surface area contributed by atoms with Gasteiger partial charge < -0.3 is 15.8 Å². The van der Waals surface area contributed by atoms with Crippen molar-refractivity contribution in [2.75, 3.05) is 25.5 Å². The number of alkyl halides is 3. The highest BCUT2D eigenvalue weighted by atomic mass is 19.4. The normalized spacial score (nSPS) is 11.3. The summed E-state index contributed by atoms with van der Waals surface area (Å²) in [6.45, 7) is -1.42. The Hall–Kier alpha value is -1.76. The minimum Gasteiger partial charge on any atom is -0.399 e. The zero-order chi connectivity index (χ0) is 15.0. The first-order chi connectivity index (χ1) is 9.38. The number of carbonyl (C=O) groups is 1. The van der Waals surface area contributed by atoms with Crippen molar-refractivity contribution >= 4 is 11.6 Å². The Morgan fingerprint density at radius 2 is 2.00 bits per heavy atom. The number of ether oxygens (including phenoxy) is 1. The van der Waals surface area contributed by atoms with E-state index in [0.717, 1.165) is 5.56 Å². The van der Waals surface area contributed by atoms with Gasteiger partial charge in [0.15, 0.2) is 0 Å². The highest BCUT2D eigenvalue weighted by Crippen LogP contribution is 2.14. The van der Waals surface area contributed by atoms with Crippen LogP contribution in [0.15, 0.2) is 24.3 Å². The molecule has 0 bridgehead atoms. The number of carbonyl (C=O) groups excluding carboxylic acids is 1. The van der Waals surface area contributed by atoms with E-state index in [-0.39, 0.29) is 25.5 Å². The van der Waals surface area contributed by atoms with E-state index < -0.39 is 12.8 Å². The second kappa shape index (κ2) is 7.74. The molecule has 7 heteroatoms. The number of nitrogens with two attached hydrogens (primary N) is 1. The molecule has 0 atom stereocenters. The maximum Gasteiger partial charge on any atom is 0.411 e. The van der Waals surface area contributed by atoms with Gasteiger partial charge in [0.25, 0.3) is 0 Å². The lowest BCUT2D eigenvalue weighted by Gasteiger charge is -2.09. The van der Waals surface area contributed by atoms with Crippen LogP contribution in [0.3, 0.4) is 0 Å². The van der Waals surface area contributed by atoms with Gasteiger partial charge in [-0.15, -0.1) is 0 Å². The Morgan fingerprint density at radius 3 is 2.65 bits per heavy atom. The number of nitrogens with one attached hydrogen (secondary N) is 1. The van der Waals surface area contributed by atoms with Gasteiger partial charge in [0.1, 0.15) is 6.61 Å². The van der Waals surface area contributed by atoms with Crippen LogP contribution in [0.25, 0.3) is 0 Å². The average Bonchev–Trinajstić information content (AvgIpc) is 2.36. The van der Waals surface area contributed by atoms with Gasteiger partial charge in [-0.1, -0.05) is 18.2 Å². The fraction of sp³-hybridized carbons (Fsp3) is 0.462. The molecule has 0 heterocycles. The first-order valence-electron chi connectivity index (χ1n) is 6.13. The minimum absolute atomic E-state index is 0.0547. The van der Waals surface area contributed by atoms with Crippen molar-refractivity contribution in [1.29, 1.82) is 0 Å². The molecule has 0 unspecified atom stereocenters. The maximum absolute atomic E-state index is 11.8. The Labute approximate surface area is 115 Å². The van der Waals surface area contributed by atoms with Crippen LogP contribution in [0, 0.1) is 0 Å². The molecule has 0 saturated carbocycles. The van der Waals surface area contributed by atoms with Crippen LogP contribution in [0.5, 0.6) is 0 Å². The monoisotopic (exact) mass is 290 g/mol. The lowest BCUT2D eigenvalue weighted by Crippen LogP contribution is -2.29. The Morgan fingerprint density at radius 1 is 1.30 bits per heavy atom. The molecule has 4 nitrogen and oxygen atoms in total. The van der Waals surface area contributed by atoms with Gasteiger partial charge >= 0.3 is 6.18 Å². The fourth-order valence-electron chi connectivity index (χ4n) is 1.55. The first-order valence-corrected chi connectivity index (χ1v) is 6.13. The van der Waals surface area contributed by atoms with Crippen molar-refractivity contribution in [2.24, 2.45) is 0 Å². The third-order valence-corrected chi connectivity index (χ3v) is 2.51. The van der Waals surface area contributed by atoms with Gasteiger partial charge in [0, 0.05) is 18.7 Å². The number of para-hydroxylation sites is 1. The number of aryl methyl sites for hydroxylation is 1. The SMILES string of the molecule is Nc1ccccc1CCC(=O)NCCOCC(F)(F)F. The summed E-state index contributed by atoms with van der Waals surface area (Å²) in [7, 11) is 0. The van der Waals surface area contributed by atoms with Crippen molar-refractivity contribution in [2.45, 2.75) is 19.0 Å². The Kier molecular flexibility index (Phi) is 6.30. The Bertz CT molecular complexity index is 436. The largest absolute Gasteiger partial charge is 0.411 e. The van der Waals surface area contributed by atoms with Crippen LogP contribution in [0.1, 0.15) is 12.0 Å². The van der Waals surface area contributed by atoms with Crippen LogP contribution < -0.4 is 11.1 Å². The number of benzene rings is 1. The third kappa shape index (κ3) is 6.98. The van der Waals surface area contributed by atoms with Crippen molar-refractivity contribution in [3.63, 3.8) is 0 Å². The van der Waals surface area contributed by atoms with E-state index in [4.69, 9.17) is 5.73 Å². The zero-order valence-corrected chi connectivity index (χ0v) is 10.9. The molecule has 0 aliphatic rings. The predicted molar refractivity (Wildman–Crippen MR) is 69.1 cm³/mol. The second-order valence-electron chi connectivity index (χ2n) is 4.22. The van der Waals surface area contributed by atoms with Gasteiger partial charge in [-0.3, -0.25) is 4.79 Å². The summed E-state index contributed by atoms with van der Waals surface area (Å²) in [5.41, 5.74) is 7.22. The molecule has 1 amide bonds. The summed E-state index contributed by atoms with van der Waals surface area (Å²) in [5, 5.41) is 2.49. The van der Waals surface area contributed by atoms with Gasteiger partial charge in [0.2, 0.25) is 5.91 Å². The summed E-state index contributed by atoms with van der Waals surface area (Å²) in [6, 6.07) is 7.21. The average molecular weight is 290 g/mol. The summed E-state index contributed by atoms with van der Waals surface area (Å²) < 4.78 is 39.7. The predicted octanol–water partition coefficient (Wildman–Crippen LogP) is 1.90.